The lowest BCUT2D eigenvalue weighted by molar-refractivity contribution is 0.0101. The number of imidazole rings is 1. The zero-order valence-electron chi connectivity index (χ0n) is 11.7. The zero-order chi connectivity index (χ0) is 14.3. The summed E-state index contributed by atoms with van der Waals surface area (Å²) >= 11 is 8.69. The van der Waals surface area contributed by atoms with E-state index in [1.165, 1.54) is 3.57 Å². The first-order valence-electron chi connectivity index (χ1n) is 6.91. The van der Waals surface area contributed by atoms with E-state index in [4.69, 9.17) is 21.3 Å². The quantitative estimate of drug-likeness (QED) is 0.545. The van der Waals surface area contributed by atoms with E-state index in [-0.39, 0.29) is 10.9 Å². The van der Waals surface area contributed by atoms with Gasteiger partial charge < -0.3 is 9.30 Å². The fourth-order valence-electron chi connectivity index (χ4n) is 3.00. The highest BCUT2D eigenvalue weighted by Gasteiger charge is 2.34. The molecule has 1 fully saturated rings. The Morgan fingerprint density at radius 1 is 1.50 bits per heavy atom. The molecule has 5 heteroatoms. The van der Waals surface area contributed by atoms with E-state index in [0.717, 1.165) is 42.9 Å². The Bertz CT molecular complexity index is 632. The fourth-order valence-corrected chi connectivity index (χ4v) is 3.62. The summed E-state index contributed by atoms with van der Waals surface area (Å²) in [5.41, 5.74) is 2.12. The minimum Gasteiger partial charge on any atom is -0.379 e. The van der Waals surface area contributed by atoms with Gasteiger partial charge in [0, 0.05) is 10.2 Å². The number of nitrogens with zero attached hydrogens (tertiary/aromatic N) is 2. The number of aromatic nitrogens is 2. The predicted octanol–water partition coefficient (Wildman–Crippen LogP) is 4.47. The van der Waals surface area contributed by atoms with Crippen LogP contribution in [0.4, 0.5) is 0 Å². The second-order valence-corrected chi connectivity index (χ2v) is 7.61. The molecule has 2 heterocycles. The summed E-state index contributed by atoms with van der Waals surface area (Å²) < 4.78 is 9.22. The minimum atomic E-state index is -0.112. The van der Waals surface area contributed by atoms with Crippen molar-refractivity contribution in [2.24, 2.45) is 0 Å². The molecule has 0 spiro atoms. The lowest BCUT2D eigenvalue weighted by Crippen LogP contribution is -2.40. The van der Waals surface area contributed by atoms with E-state index in [0.29, 0.717) is 0 Å². The molecule has 108 valence electrons. The molecule has 3 nitrogen and oxygen atoms in total. The van der Waals surface area contributed by atoms with E-state index in [1.54, 1.807) is 0 Å². The molecule has 2 aromatic rings. The van der Waals surface area contributed by atoms with Crippen molar-refractivity contribution in [3.63, 3.8) is 0 Å². The highest BCUT2D eigenvalue weighted by atomic mass is 127. The normalized spacial score (nSPS) is 25.0. The molecule has 0 radical (unpaired) electrons. The fraction of sp³-hybridized carbons (Fsp3) is 0.533. The van der Waals surface area contributed by atoms with E-state index < -0.39 is 0 Å². The minimum absolute atomic E-state index is 0.0573. The Morgan fingerprint density at radius 3 is 2.95 bits per heavy atom. The van der Waals surface area contributed by atoms with Gasteiger partial charge in [0.15, 0.2) is 0 Å². The van der Waals surface area contributed by atoms with Crippen molar-refractivity contribution in [3.8, 4) is 0 Å². The van der Waals surface area contributed by atoms with Crippen LogP contribution in [0, 0.1) is 3.57 Å². The zero-order valence-corrected chi connectivity index (χ0v) is 14.6. The number of rotatable bonds is 2. The van der Waals surface area contributed by atoms with Crippen molar-refractivity contribution in [1.29, 1.82) is 0 Å². The standard InChI is InChI=1S/C15H18ClIN2O/c1-10(16)14-18-12-8-11(17)4-5-13(12)19(14)15(2)6-3-7-20-9-15/h4-5,8,10H,3,6-7,9H2,1-2H3. The monoisotopic (exact) mass is 404 g/mol. The number of hydrogen-bond donors (Lipinski definition) is 0. The van der Waals surface area contributed by atoms with Gasteiger partial charge in [0.05, 0.1) is 28.6 Å². The van der Waals surface area contributed by atoms with Crippen LogP contribution >= 0.6 is 34.2 Å². The van der Waals surface area contributed by atoms with Gasteiger partial charge in [-0.15, -0.1) is 11.6 Å². The molecule has 1 aromatic heterocycles. The molecule has 0 amide bonds. The van der Waals surface area contributed by atoms with Gasteiger partial charge in [-0.2, -0.15) is 0 Å². The Hall–Kier alpha value is -0.330. The van der Waals surface area contributed by atoms with Crippen LogP contribution < -0.4 is 0 Å². The maximum absolute atomic E-state index is 6.37. The molecule has 2 atom stereocenters. The maximum atomic E-state index is 6.37. The summed E-state index contributed by atoms with van der Waals surface area (Å²) in [4.78, 5) is 4.76. The van der Waals surface area contributed by atoms with Gasteiger partial charge >= 0.3 is 0 Å². The molecule has 0 bridgehead atoms. The number of alkyl halides is 1. The third-order valence-corrected chi connectivity index (χ3v) is 4.82. The van der Waals surface area contributed by atoms with Crippen LogP contribution in [0.2, 0.25) is 0 Å². The van der Waals surface area contributed by atoms with Gasteiger partial charge in [0.25, 0.3) is 0 Å². The van der Waals surface area contributed by atoms with Gasteiger partial charge in [0.2, 0.25) is 0 Å². The molecule has 1 aromatic carbocycles. The van der Waals surface area contributed by atoms with Crippen LogP contribution in [0.5, 0.6) is 0 Å². The molecule has 3 rings (SSSR count). The first-order chi connectivity index (χ1) is 9.51. The Kier molecular flexibility index (Phi) is 3.99. The topological polar surface area (TPSA) is 27.1 Å². The molecule has 1 aliphatic heterocycles. The summed E-state index contributed by atoms with van der Waals surface area (Å²) in [6, 6.07) is 6.38. The van der Waals surface area contributed by atoms with Crippen molar-refractivity contribution < 1.29 is 4.74 Å². The summed E-state index contributed by atoms with van der Waals surface area (Å²) in [6.45, 7) is 5.80. The summed E-state index contributed by atoms with van der Waals surface area (Å²) in [7, 11) is 0. The van der Waals surface area contributed by atoms with Crippen LogP contribution in [-0.4, -0.2) is 22.8 Å². The first-order valence-corrected chi connectivity index (χ1v) is 8.43. The Labute approximate surface area is 137 Å². The Morgan fingerprint density at radius 2 is 2.30 bits per heavy atom. The molecule has 2 unspecified atom stereocenters. The van der Waals surface area contributed by atoms with Gasteiger partial charge in [-0.3, -0.25) is 0 Å². The second kappa shape index (κ2) is 5.46. The molecule has 1 aliphatic rings. The third kappa shape index (κ3) is 2.46. The average molecular weight is 405 g/mol. The van der Waals surface area contributed by atoms with Crippen LogP contribution in [0.3, 0.4) is 0 Å². The van der Waals surface area contributed by atoms with Crippen LogP contribution in [0.15, 0.2) is 18.2 Å². The lowest BCUT2D eigenvalue weighted by atomic mass is 9.94. The number of ether oxygens (including phenoxy) is 1. The highest BCUT2D eigenvalue weighted by molar-refractivity contribution is 14.1. The molecule has 0 aliphatic carbocycles. The lowest BCUT2D eigenvalue weighted by Gasteiger charge is -2.37. The molecular weight excluding hydrogens is 387 g/mol. The van der Waals surface area contributed by atoms with E-state index in [1.807, 2.05) is 6.92 Å². The average Bonchev–Trinajstić information content (AvgIpc) is 2.79. The Balaban J connectivity index is 2.23. The second-order valence-electron chi connectivity index (χ2n) is 5.71. The smallest absolute Gasteiger partial charge is 0.128 e. The van der Waals surface area contributed by atoms with Gasteiger partial charge in [-0.25, -0.2) is 4.98 Å². The summed E-state index contributed by atoms with van der Waals surface area (Å²) in [5.74, 6) is 0.941. The molecular formula is C15H18ClIN2O. The maximum Gasteiger partial charge on any atom is 0.128 e. The highest BCUT2D eigenvalue weighted by Crippen LogP contribution is 2.35. The molecule has 0 saturated carbocycles. The van der Waals surface area contributed by atoms with Gasteiger partial charge in [-0.05, 0) is 67.5 Å². The van der Waals surface area contributed by atoms with Crippen molar-refractivity contribution in [3.05, 3.63) is 27.6 Å². The number of hydrogen-bond acceptors (Lipinski definition) is 2. The van der Waals surface area contributed by atoms with Gasteiger partial charge in [-0.1, -0.05) is 0 Å². The SMILES string of the molecule is CC(Cl)c1nc2cc(I)ccc2n1C1(C)CCCOC1. The first kappa shape index (κ1) is 14.6. The number of benzene rings is 1. The van der Waals surface area contributed by atoms with Crippen molar-refractivity contribution >= 4 is 45.2 Å². The predicted molar refractivity (Wildman–Crippen MR) is 90.4 cm³/mol. The van der Waals surface area contributed by atoms with Crippen LogP contribution in [-0.2, 0) is 10.3 Å². The molecule has 20 heavy (non-hydrogen) atoms. The number of fused-ring (bicyclic) bond motifs is 1. The van der Waals surface area contributed by atoms with E-state index >= 15 is 0 Å². The largest absolute Gasteiger partial charge is 0.379 e. The number of halogens is 2. The van der Waals surface area contributed by atoms with E-state index in [2.05, 4.69) is 52.3 Å². The molecule has 0 N–H and O–H groups in total. The van der Waals surface area contributed by atoms with Crippen molar-refractivity contribution in [1.82, 2.24) is 9.55 Å². The summed E-state index contributed by atoms with van der Waals surface area (Å²) in [5, 5.41) is -0.112. The van der Waals surface area contributed by atoms with E-state index in [9.17, 15) is 0 Å². The van der Waals surface area contributed by atoms with Gasteiger partial charge in [0.1, 0.15) is 5.82 Å². The van der Waals surface area contributed by atoms with Crippen LogP contribution in [0.1, 0.15) is 37.9 Å². The third-order valence-electron chi connectivity index (χ3n) is 3.96. The summed E-state index contributed by atoms with van der Waals surface area (Å²) in [6.07, 6.45) is 2.18. The van der Waals surface area contributed by atoms with Crippen LogP contribution in [0.25, 0.3) is 11.0 Å². The van der Waals surface area contributed by atoms with Crippen molar-refractivity contribution in [2.75, 3.05) is 13.2 Å². The molecule has 1 saturated heterocycles. The van der Waals surface area contributed by atoms with Crippen molar-refractivity contribution in [2.45, 2.75) is 37.6 Å².